The molecule has 0 aliphatic carbocycles. The van der Waals surface area contributed by atoms with Gasteiger partial charge in [0.25, 0.3) is 0 Å². The minimum Gasteiger partial charge on any atom is -0.484 e. The molecule has 116 valence electrons. The van der Waals surface area contributed by atoms with Crippen LogP contribution >= 0.6 is 0 Å². The van der Waals surface area contributed by atoms with E-state index in [1.165, 1.54) is 5.56 Å². The van der Waals surface area contributed by atoms with Crippen molar-refractivity contribution >= 4 is 11.9 Å². The van der Waals surface area contributed by atoms with E-state index in [-0.39, 0.29) is 17.2 Å². The number of benzene rings is 1. The van der Waals surface area contributed by atoms with Gasteiger partial charge in [-0.05, 0) is 38.0 Å². The van der Waals surface area contributed by atoms with E-state index in [0.717, 1.165) is 6.42 Å². The molecule has 2 aromatic rings. The van der Waals surface area contributed by atoms with Gasteiger partial charge in [-0.1, -0.05) is 19.1 Å². The van der Waals surface area contributed by atoms with Gasteiger partial charge in [0.05, 0.1) is 5.69 Å². The molecule has 1 heterocycles. The lowest BCUT2D eigenvalue weighted by molar-refractivity contribution is 0.0689. The number of carboxylic acid groups (broad SMARTS) is 1. The Morgan fingerprint density at radius 3 is 2.50 bits per heavy atom. The number of nitrogen functional groups attached to an aromatic ring is 1. The number of aromatic carboxylic acids is 1. The summed E-state index contributed by atoms with van der Waals surface area (Å²) in [6, 6.07) is 7.65. The predicted octanol–water partition coefficient (Wildman–Crippen LogP) is 2.77. The molecule has 6 nitrogen and oxygen atoms in total. The fourth-order valence-corrected chi connectivity index (χ4v) is 2.24. The fourth-order valence-electron chi connectivity index (χ4n) is 2.24. The Labute approximate surface area is 129 Å². The third-order valence-electron chi connectivity index (χ3n) is 3.38. The highest BCUT2D eigenvalue weighted by molar-refractivity contribution is 5.90. The van der Waals surface area contributed by atoms with Crippen LogP contribution in [0.1, 0.15) is 47.3 Å². The van der Waals surface area contributed by atoms with Crippen LogP contribution in [-0.4, -0.2) is 21.0 Å². The van der Waals surface area contributed by atoms with Crippen molar-refractivity contribution in [3.63, 3.8) is 0 Å². The SMILES string of the molecule is CCc1ccc(OC(C)c2nc(N)nc(C)c2C(=O)O)cc1. The summed E-state index contributed by atoms with van der Waals surface area (Å²) in [5.74, 6) is -0.408. The molecule has 1 unspecified atom stereocenters. The number of anilines is 1. The van der Waals surface area contributed by atoms with Crippen molar-refractivity contribution < 1.29 is 14.6 Å². The summed E-state index contributed by atoms with van der Waals surface area (Å²) in [6.45, 7) is 5.40. The van der Waals surface area contributed by atoms with E-state index in [2.05, 4.69) is 16.9 Å². The molecule has 3 N–H and O–H groups in total. The Morgan fingerprint density at radius 1 is 1.32 bits per heavy atom. The first-order chi connectivity index (χ1) is 10.4. The van der Waals surface area contributed by atoms with Gasteiger partial charge < -0.3 is 15.6 Å². The lowest BCUT2D eigenvalue weighted by atomic mass is 10.1. The maximum Gasteiger partial charge on any atom is 0.339 e. The Balaban J connectivity index is 2.32. The topological polar surface area (TPSA) is 98.3 Å². The average molecular weight is 301 g/mol. The monoisotopic (exact) mass is 301 g/mol. The molecule has 0 aliphatic rings. The van der Waals surface area contributed by atoms with Gasteiger partial charge in [0.1, 0.15) is 23.1 Å². The second-order valence-corrected chi connectivity index (χ2v) is 4.99. The molecular formula is C16H19N3O3. The summed E-state index contributed by atoms with van der Waals surface area (Å²) in [4.78, 5) is 19.4. The van der Waals surface area contributed by atoms with Gasteiger partial charge in [-0.3, -0.25) is 0 Å². The standard InChI is InChI=1S/C16H19N3O3/c1-4-11-5-7-12(8-6-11)22-10(3)14-13(15(20)21)9(2)18-16(17)19-14/h5-8,10H,4H2,1-3H3,(H,20,21)(H2,17,18,19). The summed E-state index contributed by atoms with van der Waals surface area (Å²) >= 11 is 0. The summed E-state index contributed by atoms with van der Waals surface area (Å²) in [7, 11) is 0. The van der Waals surface area contributed by atoms with Crippen LogP contribution in [0.25, 0.3) is 0 Å². The highest BCUT2D eigenvalue weighted by atomic mass is 16.5. The number of carboxylic acids is 1. The van der Waals surface area contributed by atoms with Gasteiger partial charge in [-0.2, -0.15) is 0 Å². The predicted molar refractivity (Wildman–Crippen MR) is 83.0 cm³/mol. The minimum absolute atomic E-state index is 0.0341. The van der Waals surface area contributed by atoms with Gasteiger partial charge in [-0.25, -0.2) is 14.8 Å². The Kier molecular flexibility index (Phi) is 4.60. The molecule has 0 aliphatic heterocycles. The number of rotatable bonds is 5. The van der Waals surface area contributed by atoms with E-state index in [1.807, 2.05) is 24.3 Å². The zero-order valence-electron chi connectivity index (χ0n) is 12.8. The number of nitrogens with two attached hydrogens (primary N) is 1. The fraction of sp³-hybridized carbons (Fsp3) is 0.312. The van der Waals surface area contributed by atoms with Crippen LogP contribution in [0.2, 0.25) is 0 Å². The van der Waals surface area contributed by atoms with Crippen LogP contribution in [0, 0.1) is 6.92 Å². The number of hydrogen-bond donors (Lipinski definition) is 2. The zero-order chi connectivity index (χ0) is 16.3. The van der Waals surface area contributed by atoms with E-state index in [0.29, 0.717) is 11.4 Å². The van der Waals surface area contributed by atoms with E-state index >= 15 is 0 Å². The summed E-state index contributed by atoms with van der Waals surface area (Å²) < 4.78 is 5.79. The molecule has 0 amide bonds. The minimum atomic E-state index is -1.09. The number of aromatic nitrogens is 2. The molecule has 0 saturated heterocycles. The van der Waals surface area contributed by atoms with Crippen molar-refractivity contribution in [2.45, 2.75) is 33.3 Å². The molecule has 1 aromatic carbocycles. The largest absolute Gasteiger partial charge is 0.484 e. The highest BCUT2D eigenvalue weighted by Gasteiger charge is 2.22. The third-order valence-corrected chi connectivity index (χ3v) is 3.38. The van der Waals surface area contributed by atoms with Gasteiger partial charge in [0.2, 0.25) is 5.95 Å². The molecule has 1 aromatic heterocycles. The van der Waals surface area contributed by atoms with E-state index < -0.39 is 12.1 Å². The first kappa shape index (κ1) is 15.8. The Bertz CT molecular complexity index is 684. The molecule has 0 radical (unpaired) electrons. The zero-order valence-corrected chi connectivity index (χ0v) is 12.8. The third kappa shape index (κ3) is 3.33. The number of hydrogen-bond acceptors (Lipinski definition) is 5. The van der Waals surface area contributed by atoms with Gasteiger partial charge in [-0.15, -0.1) is 0 Å². The van der Waals surface area contributed by atoms with Crippen molar-refractivity contribution in [3.8, 4) is 5.75 Å². The first-order valence-electron chi connectivity index (χ1n) is 7.05. The quantitative estimate of drug-likeness (QED) is 0.881. The van der Waals surface area contributed by atoms with E-state index in [4.69, 9.17) is 10.5 Å². The molecule has 6 heteroatoms. The maximum absolute atomic E-state index is 11.4. The van der Waals surface area contributed by atoms with Crippen molar-refractivity contribution in [2.75, 3.05) is 5.73 Å². The molecule has 22 heavy (non-hydrogen) atoms. The summed E-state index contributed by atoms with van der Waals surface area (Å²) in [5.41, 5.74) is 7.46. The number of ether oxygens (including phenoxy) is 1. The molecule has 2 rings (SSSR count). The lowest BCUT2D eigenvalue weighted by Gasteiger charge is -2.17. The van der Waals surface area contributed by atoms with Crippen LogP contribution < -0.4 is 10.5 Å². The molecule has 0 spiro atoms. The summed E-state index contributed by atoms with van der Waals surface area (Å²) in [6.07, 6.45) is 0.392. The maximum atomic E-state index is 11.4. The van der Waals surface area contributed by atoms with Crippen molar-refractivity contribution in [1.82, 2.24) is 9.97 Å². The van der Waals surface area contributed by atoms with E-state index in [9.17, 15) is 9.90 Å². The van der Waals surface area contributed by atoms with Crippen LogP contribution in [0.15, 0.2) is 24.3 Å². The smallest absolute Gasteiger partial charge is 0.339 e. The first-order valence-corrected chi connectivity index (χ1v) is 7.05. The lowest BCUT2D eigenvalue weighted by Crippen LogP contribution is -2.17. The molecule has 0 bridgehead atoms. The van der Waals surface area contributed by atoms with Crippen molar-refractivity contribution in [1.29, 1.82) is 0 Å². The van der Waals surface area contributed by atoms with Crippen molar-refractivity contribution in [3.05, 3.63) is 46.8 Å². The van der Waals surface area contributed by atoms with Crippen LogP contribution in [0.4, 0.5) is 5.95 Å². The molecule has 1 atom stereocenters. The molecule has 0 fully saturated rings. The number of nitrogens with zero attached hydrogens (tertiary/aromatic N) is 2. The van der Waals surface area contributed by atoms with Crippen LogP contribution in [-0.2, 0) is 6.42 Å². The number of carbonyl (C=O) groups is 1. The van der Waals surface area contributed by atoms with Crippen LogP contribution in [0.3, 0.4) is 0 Å². The highest BCUT2D eigenvalue weighted by Crippen LogP contribution is 2.25. The van der Waals surface area contributed by atoms with Gasteiger partial charge >= 0.3 is 5.97 Å². The Morgan fingerprint density at radius 2 is 1.95 bits per heavy atom. The molecule has 0 saturated carbocycles. The second kappa shape index (κ2) is 6.43. The molecular weight excluding hydrogens is 282 g/mol. The Hall–Kier alpha value is -2.63. The van der Waals surface area contributed by atoms with Crippen molar-refractivity contribution in [2.24, 2.45) is 0 Å². The van der Waals surface area contributed by atoms with Gasteiger partial charge in [0, 0.05) is 0 Å². The van der Waals surface area contributed by atoms with Gasteiger partial charge in [0.15, 0.2) is 0 Å². The second-order valence-electron chi connectivity index (χ2n) is 4.99. The number of aryl methyl sites for hydroxylation is 2. The average Bonchev–Trinajstić information content (AvgIpc) is 2.46. The van der Waals surface area contributed by atoms with E-state index in [1.54, 1.807) is 13.8 Å². The summed E-state index contributed by atoms with van der Waals surface area (Å²) in [5, 5.41) is 9.34. The van der Waals surface area contributed by atoms with Crippen LogP contribution in [0.5, 0.6) is 5.75 Å². The normalized spacial score (nSPS) is 12.0.